The van der Waals surface area contributed by atoms with Gasteiger partial charge < -0.3 is 20.7 Å². The van der Waals surface area contributed by atoms with Gasteiger partial charge in [-0.1, -0.05) is 42.8 Å². The highest BCUT2D eigenvalue weighted by Crippen LogP contribution is 2.33. The van der Waals surface area contributed by atoms with E-state index in [9.17, 15) is 0 Å². The third-order valence-electron chi connectivity index (χ3n) is 5.35. The highest BCUT2D eigenvalue weighted by molar-refractivity contribution is 5.83. The van der Waals surface area contributed by atoms with Crippen molar-refractivity contribution in [3.8, 4) is 35.0 Å². The van der Waals surface area contributed by atoms with Crippen LogP contribution in [0.5, 0.6) is 11.5 Å². The van der Waals surface area contributed by atoms with Gasteiger partial charge in [0.15, 0.2) is 0 Å². The third kappa shape index (κ3) is 4.78. The van der Waals surface area contributed by atoms with E-state index in [1.54, 1.807) is 0 Å². The normalized spacial score (nSPS) is 13.2. The molecule has 6 heteroatoms. The van der Waals surface area contributed by atoms with Crippen LogP contribution >= 0.6 is 0 Å². The van der Waals surface area contributed by atoms with E-state index in [1.807, 2.05) is 54.6 Å². The average molecular weight is 412 g/mol. The molecule has 2 aromatic carbocycles. The number of ether oxygens (including phenoxy) is 1. The predicted molar refractivity (Wildman–Crippen MR) is 125 cm³/mol. The molecule has 3 aromatic rings. The molecule has 6 nitrogen and oxygen atoms in total. The molecule has 2 heterocycles. The molecule has 1 aliphatic heterocycles. The minimum absolute atomic E-state index is 0.439. The van der Waals surface area contributed by atoms with E-state index in [0.29, 0.717) is 11.7 Å². The Morgan fingerprint density at radius 2 is 1.84 bits per heavy atom. The second-order valence-corrected chi connectivity index (χ2v) is 7.50. The van der Waals surface area contributed by atoms with Crippen LogP contribution in [0, 0.1) is 18.3 Å². The van der Waals surface area contributed by atoms with Crippen molar-refractivity contribution in [2.75, 3.05) is 30.7 Å². The number of nitrogens with zero attached hydrogens (tertiary/aromatic N) is 3. The van der Waals surface area contributed by atoms with Crippen LogP contribution in [0.1, 0.15) is 6.42 Å². The zero-order valence-corrected chi connectivity index (χ0v) is 17.3. The van der Waals surface area contributed by atoms with E-state index in [2.05, 4.69) is 32.7 Å². The Morgan fingerprint density at radius 3 is 2.55 bits per heavy atom. The Bertz CT molecular complexity index is 1080. The van der Waals surface area contributed by atoms with Gasteiger partial charge in [-0.25, -0.2) is 9.97 Å². The summed E-state index contributed by atoms with van der Waals surface area (Å²) < 4.78 is 5.87. The van der Waals surface area contributed by atoms with Gasteiger partial charge in [0.05, 0.1) is 11.3 Å². The van der Waals surface area contributed by atoms with Gasteiger partial charge in [0.1, 0.15) is 29.5 Å². The quantitative estimate of drug-likeness (QED) is 0.535. The molecule has 0 aliphatic carbocycles. The summed E-state index contributed by atoms with van der Waals surface area (Å²) in [6.07, 6.45) is 7.90. The first kappa shape index (κ1) is 20.3. The standard InChI is InChI=1S/C25H25N5O/c1-3-18(2)30-15-19(16-30)13-14-27-25-23(24(26)28-17-29-25)20-9-11-22(12-10-20)31-21-7-5-4-6-8-21/h1,4-12,17,19H,2,13-16H2,(H3,26,27,28,29). The first-order valence-electron chi connectivity index (χ1n) is 10.2. The molecule has 31 heavy (non-hydrogen) atoms. The van der Waals surface area contributed by atoms with Gasteiger partial charge in [0.2, 0.25) is 0 Å². The van der Waals surface area contributed by atoms with Crippen molar-refractivity contribution >= 4 is 11.6 Å². The monoisotopic (exact) mass is 411 g/mol. The van der Waals surface area contributed by atoms with Crippen molar-refractivity contribution in [2.45, 2.75) is 6.42 Å². The molecule has 0 saturated carbocycles. The zero-order chi connectivity index (χ0) is 21.6. The van der Waals surface area contributed by atoms with Crippen molar-refractivity contribution in [3.63, 3.8) is 0 Å². The lowest BCUT2D eigenvalue weighted by molar-refractivity contribution is 0.145. The minimum Gasteiger partial charge on any atom is -0.457 e. The molecule has 3 N–H and O–H groups in total. The Balaban J connectivity index is 1.40. The van der Waals surface area contributed by atoms with Crippen molar-refractivity contribution in [1.82, 2.24) is 14.9 Å². The number of anilines is 2. The van der Waals surface area contributed by atoms with Gasteiger partial charge >= 0.3 is 0 Å². The fourth-order valence-electron chi connectivity index (χ4n) is 3.59. The number of nitrogens with two attached hydrogens (primary N) is 1. The molecule has 4 rings (SSSR count). The number of aromatic nitrogens is 2. The van der Waals surface area contributed by atoms with Gasteiger partial charge in [0, 0.05) is 19.6 Å². The second-order valence-electron chi connectivity index (χ2n) is 7.50. The number of allylic oxidation sites excluding steroid dienone is 1. The number of nitrogens with one attached hydrogen (secondary N) is 1. The molecule has 0 amide bonds. The van der Waals surface area contributed by atoms with Crippen LogP contribution in [-0.4, -0.2) is 34.5 Å². The van der Waals surface area contributed by atoms with Crippen LogP contribution in [0.25, 0.3) is 11.1 Å². The lowest BCUT2D eigenvalue weighted by atomic mass is 9.95. The van der Waals surface area contributed by atoms with Crippen LogP contribution in [0.4, 0.5) is 11.6 Å². The number of hydrogen-bond acceptors (Lipinski definition) is 6. The number of terminal acetylenes is 1. The molecule has 0 atom stereocenters. The van der Waals surface area contributed by atoms with Crippen LogP contribution in [-0.2, 0) is 0 Å². The van der Waals surface area contributed by atoms with Gasteiger partial charge in [-0.15, -0.1) is 6.42 Å². The summed E-state index contributed by atoms with van der Waals surface area (Å²) in [5, 5.41) is 3.42. The number of rotatable bonds is 8. The molecule has 156 valence electrons. The predicted octanol–water partition coefficient (Wildman–Crippen LogP) is 4.40. The van der Waals surface area contributed by atoms with Gasteiger partial charge in [0.25, 0.3) is 0 Å². The van der Waals surface area contributed by atoms with Crippen molar-refractivity contribution < 1.29 is 4.74 Å². The smallest absolute Gasteiger partial charge is 0.139 e. The molecule has 1 aromatic heterocycles. The second kappa shape index (κ2) is 9.23. The number of hydrogen-bond donors (Lipinski definition) is 2. The maximum atomic E-state index is 6.19. The van der Waals surface area contributed by atoms with Crippen molar-refractivity contribution in [1.29, 1.82) is 0 Å². The average Bonchev–Trinajstić information content (AvgIpc) is 2.76. The Labute approximate surface area is 182 Å². The van der Waals surface area contributed by atoms with Gasteiger partial charge in [-0.2, -0.15) is 0 Å². The van der Waals surface area contributed by atoms with Crippen LogP contribution in [0.2, 0.25) is 0 Å². The summed E-state index contributed by atoms with van der Waals surface area (Å²) in [7, 11) is 0. The largest absolute Gasteiger partial charge is 0.457 e. The maximum absolute atomic E-state index is 6.19. The van der Waals surface area contributed by atoms with E-state index in [1.165, 1.54) is 6.33 Å². The van der Waals surface area contributed by atoms with Gasteiger partial charge in [-0.05, 0) is 42.2 Å². The Morgan fingerprint density at radius 1 is 1.13 bits per heavy atom. The first-order chi connectivity index (χ1) is 15.1. The lowest BCUT2D eigenvalue weighted by Gasteiger charge is -2.40. The van der Waals surface area contributed by atoms with E-state index in [-0.39, 0.29) is 0 Å². The highest BCUT2D eigenvalue weighted by Gasteiger charge is 2.26. The van der Waals surface area contributed by atoms with Crippen molar-refractivity contribution in [2.24, 2.45) is 5.92 Å². The van der Waals surface area contributed by atoms with Crippen LogP contribution < -0.4 is 15.8 Å². The number of likely N-dealkylation sites (tertiary alicyclic amines) is 1. The van der Waals surface area contributed by atoms with Crippen LogP contribution in [0.15, 0.2) is 73.2 Å². The molecular weight excluding hydrogens is 386 g/mol. The summed E-state index contributed by atoms with van der Waals surface area (Å²) in [5.41, 5.74) is 8.68. The van der Waals surface area contributed by atoms with E-state index >= 15 is 0 Å². The van der Waals surface area contributed by atoms with Gasteiger partial charge in [-0.3, -0.25) is 0 Å². The van der Waals surface area contributed by atoms with E-state index in [0.717, 1.165) is 60.2 Å². The Hall–Kier alpha value is -3.98. The number of benzene rings is 2. The SMILES string of the molecule is C#CC(=C)N1CC(CCNc2ncnc(N)c2-c2ccc(Oc3ccccc3)cc2)C1. The number of nitrogen functional groups attached to an aromatic ring is 1. The maximum Gasteiger partial charge on any atom is 0.139 e. The molecule has 0 unspecified atom stereocenters. The molecule has 1 fully saturated rings. The van der Waals surface area contributed by atoms with Crippen LogP contribution in [0.3, 0.4) is 0 Å². The first-order valence-corrected chi connectivity index (χ1v) is 10.2. The summed E-state index contributed by atoms with van der Waals surface area (Å²) in [5.74, 6) is 5.90. The summed E-state index contributed by atoms with van der Waals surface area (Å²) in [4.78, 5) is 10.7. The van der Waals surface area contributed by atoms with Crippen molar-refractivity contribution in [3.05, 3.63) is 73.2 Å². The summed E-state index contributed by atoms with van der Waals surface area (Å²) >= 11 is 0. The molecule has 0 bridgehead atoms. The molecule has 1 saturated heterocycles. The summed E-state index contributed by atoms with van der Waals surface area (Å²) in [6.45, 7) is 6.57. The fraction of sp³-hybridized carbons (Fsp3) is 0.200. The molecule has 0 spiro atoms. The fourth-order valence-corrected chi connectivity index (χ4v) is 3.59. The zero-order valence-electron chi connectivity index (χ0n) is 17.3. The third-order valence-corrected chi connectivity index (χ3v) is 5.35. The van der Waals surface area contributed by atoms with E-state index in [4.69, 9.17) is 16.9 Å². The highest BCUT2D eigenvalue weighted by atomic mass is 16.5. The molecule has 0 radical (unpaired) electrons. The number of para-hydroxylation sites is 1. The minimum atomic E-state index is 0.439. The molecular formula is C25H25N5O. The molecule has 1 aliphatic rings. The lowest BCUT2D eigenvalue weighted by Crippen LogP contribution is -2.45. The topological polar surface area (TPSA) is 76.3 Å². The Kier molecular flexibility index (Phi) is 6.04. The van der Waals surface area contributed by atoms with E-state index < -0.39 is 0 Å². The summed E-state index contributed by atoms with van der Waals surface area (Å²) in [6, 6.07) is 17.4.